The molecule has 3 rings (SSSR count). The number of aromatic nitrogens is 1. The van der Waals surface area contributed by atoms with Crippen LogP contribution in [0.1, 0.15) is 47.5 Å². The predicted octanol–water partition coefficient (Wildman–Crippen LogP) is 3.79. The second kappa shape index (κ2) is 7.21. The summed E-state index contributed by atoms with van der Waals surface area (Å²) in [6.07, 6.45) is 8.45. The summed E-state index contributed by atoms with van der Waals surface area (Å²) in [6, 6.07) is 14.2. The third-order valence-corrected chi connectivity index (χ3v) is 4.60. The first-order chi connectivity index (χ1) is 10.8. The molecule has 1 saturated carbocycles. The monoisotopic (exact) mass is 294 g/mol. The highest BCUT2D eigenvalue weighted by Gasteiger charge is 2.26. The van der Waals surface area contributed by atoms with Gasteiger partial charge in [0.15, 0.2) is 0 Å². The maximum Gasteiger partial charge on any atom is 0.252 e. The molecule has 1 atom stereocenters. The molecule has 0 radical (unpaired) electrons. The minimum absolute atomic E-state index is 0.0352. The van der Waals surface area contributed by atoms with Crippen molar-refractivity contribution in [1.82, 2.24) is 10.3 Å². The zero-order valence-electron chi connectivity index (χ0n) is 12.7. The van der Waals surface area contributed by atoms with E-state index in [1.165, 1.54) is 31.2 Å². The quantitative estimate of drug-likeness (QED) is 0.911. The molecule has 1 aromatic carbocycles. The van der Waals surface area contributed by atoms with Gasteiger partial charge in [0, 0.05) is 24.9 Å². The van der Waals surface area contributed by atoms with E-state index in [4.69, 9.17) is 0 Å². The molecule has 1 fully saturated rings. The third kappa shape index (κ3) is 3.53. The van der Waals surface area contributed by atoms with E-state index in [1.807, 2.05) is 6.07 Å². The average Bonchev–Trinajstić information content (AvgIpc) is 3.11. The van der Waals surface area contributed by atoms with Crippen LogP contribution in [0.15, 0.2) is 54.9 Å². The van der Waals surface area contributed by atoms with Crippen molar-refractivity contribution in [3.8, 4) is 0 Å². The summed E-state index contributed by atoms with van der Waals surface area (Å²) < 4.78 is 0. The van der Waals surface area contributed by atoms with E-state index in [0.29, 0.717) is 23.9 Å². The Balaban J connectivity index is 1.69. The normalized spacial score (nSPS) is 16.4. The molecule has 2 aromatic rings. The number of nitrogens with zero attached hydrogens (tertiary/aromatic N) is 1. The van der Waals surface area contributed by atoms with E-state index in [2.05, 4.69) is 34.6 Å². The van der Waals surface area contributed by atoms with Gasteiger partial charge in [0.25, 0.3) is 5.91 Å². The van der Waals surface area contributed by atoms with Crippen LogP contribution in [0.2, 0.25) is 0 Å². The van der Waals surface area contributed by atoms with E-state index in [0.717, 1.165) is 0 Å². The highest BCUT2D eigenvalue weighted by Crippen LogP contribution is 2.36. The molecular formula is C19H22N2O. The molecule has 3 nitrogen and oxygen atoms in total. The second-order valence-electron chi connectivity index (χ2n) is 6.01. The highest BCUT2D eigenvalue weighted by atomic mass is 16.1. The van der Waals surface area contributed by atoms with Crippen molar-refractivity contribution < 1.29 is 4.79 Å². The summed E-state index contributed by atoms with van der Waals surface area (Å²) in [4.78, 5) is 16.3. The maximum absolute atomic E-state index is 12.2. The molecule has 1 amide bonds. The number of nitrogens with one attached hydrogen (secondary N) is 1. The van der Waals surface area contributed by atoms with Crippen molar-refractivity contribution in [2.75, 3.05) is 6.54 Å². The highest BCUT2D eigenvalue weighted by molar-refractivity contribution is 5.93. The summed E-state index contributed by atoms with van der Waals surface area (Å²) in [7, 11) is 0. The van der Waals surface area contributed by atoms with Crippen LogP contribution in [-0.4, -0.2) is 17.4 Å². The lowest BCUT2D eigenvalue weighted by molar-refractivity contribution is 0.0948. The molecule has 1 aliphatic rings. The minimum atomic E-state index is -0.0352. The lowest BCUT2D eigenvalue weighted by Crippen LogP contribution is -2.31. The van der Waals surface area contributed by atoms with Gasteiger partial charge in [-0.05, 0) is 36.5 Å². The summed E-state index contributed by atoms with van der Waals surface area (Å²) in [5.41, 5.74) is 1.96. The van der Waals surface area contributed by atoms with Crippen molar-refractivity contribution in [2.24, 2.45) is 5.92 Å². The Hall–Kier alpha value is -2.16. The zero-order valence-corrected chi connectivity index (χ0v) is 12.7. The lowest BCUT2D eigenvalue weighted by atomic mass is 9.85. The summed E-state index contributed by atoms with van der Waals surface area (Å²) in [5, 5.41) is 3.10. The Morgan fingerprint density at radius 3 is 2.59 bits per heavy atom. The van der Waals surface area contributed by atoms with Gasteiger partial charge in [-0.25, -0.2) is 0 Å². The largest absolute Gasteiger partial charge is 0.351 e. The topological polar surface area (TPSA) is 42.0 Å². The molecule has 3 heteroatoms. The first-order valence-electron chi connectivity index (χ1n) is 8.08. The Labute approximate surface area is 131 Å². The Bertz CT molecular complexity index is 591. The summed E-state index contributed by atoms with van der Waals surface area (Å²) in [5.74, 6) is 1.05. The molecule has 0 saturated heterocycles. The summed E-state index contributed by atoms with van der Waals surface area (Å²) in [6.45, 7) is 0.697. The molecule has 22 heavy (non-hydrogen) atoms. The number of rotatable bonds is 5. The lowest BCUT2D eigenvalue weighted by Gasteiger charge is -2.24. The van der Waals surface area contributed by atoms with Gasteiger partial charge in [-0.2, -0.15) is 0 Å². The molecule has 0 aliphatic heterocycles. The van der Waals surface area contributed by atoms with Gasteiger partial charge in [0.2, 0.25) is 0 Å². The molecule has 0 spiro atoms. The van der Waals surface area contributed by atoms with Gasteiger partial charge in [-0.15, -0.1) is 0 Å². The van der Waals surface area contributed by atoms with E-state index in [9.17, 15) is 4.79 Å². The van der Waals surface area contributed by atoms with E-state index in [1.54, 1.807) is 24.5 Å². The molecule has 0 unspecified atom stereocenters. The van der Waals surface area contributed by atoms with Gasteiger partial charge in [0.1, 0.15) is 0 Å². The number of pyridine rings is 1. The van der Waals surface area contributed by atoms with Gasteiger partial charge in [0.05, 0.1) is 5.56 Å². The molecular weight excluding hydrogens is 272 g/mol. The fourth-order valence-electron chi connectivity index (χ4n) is 3.42. The number of amides is 1. The van der Waals surface area contributed by atoms with Crippen molar-refractivity contribution in [1.29, 1.82) is 0 Å². The average molecular weight is 294 g/mol. The second-order valence-corrected chi connectivity index (χ2v) is 6.01. The predicted molar refractivity (Wildman–Crippen MR) is 87.7 cm³/mol. The smallest absolute Gasteiger partial charge is 0.252 e. The van der Waals surface area contributed by atoms with E-state index in [-0.39, 0.29) is 5.91 Å². The van der Waals surface area contributed by atoms with Gasteiger partial charge >= 0.3 is 0 Å². The zero-order chi connectivity index (χ0) is 15.2. The number of carbonyl (C=O) groups is 1. The van der Waals surface area contributed by atoms with Gasteiger partial charge in [-0.1, -0.05) is 43.2 Å². The molecule has 0 bridgehead atoms. The van der Waals surface area contributed by atoms with Crippen LogP contribution in [0, 0.1) is 5.92 Å². The van der Waals surface area contributed by atoms with Crippen LogP contribution in [0.25, 0.3) is 0 Å². The fourth-order valence-corrected chi connectivity index (χ4v) is 3.42. The van der Waals surface area contributed by atoms with Crippen molar-refractivity contribution in [2.45, 2.75) is 31.6 Å². The Morgan fingerprint density at radius 2 is 1.91 bits per heavy atom. The standard InChI is InChI=1S/C19H22N2O/c22-19(17-11-6-12-20-13-17)21-14-18(16-9-4-5-10-16)15-7-2-1-3-8-15/h1-3,6-8,11-13,16,18H,4-5,9-10,14H2,(H,21,22)/t18-/m1/s1. The molecule has 1 heterocycles. The Morgan fingerprint density at radius 1 is 1.14 bits per heavy atom. The fraction of sp³-hybridized carbons (Fsp3) is 0.368. The van der Waals surface area contributed by atoms with Crippen LogP contribution in [-0.2, 0) is 0 Å². The van der Waals surface area contributed by atoms with Crippen LogP contribution in [0.5, 0.6) is 0 Å². The molecule has 114 valence electrons. The van der Waals surface area contributed by atoms with E-state index < -0.39 is 0 Å². The van der Waals surface area contributed by atoms with E-state index >= 15 is 0 Å². The van der Waals surface area contributed by atoms with Crippen LogP contribution in [0.3, 0.4) is 0 Å². The third-order valence-electron chi connectivity index (χ3n) is 4.60. The molecule has 1 N–H and O–H groups in total. The number of benzene rings is 1. The minimum Gasteiger partial charge on any atom is -0.351 e. The van der Waals surface area contributed by atoms with Crippen molar-refractivity contribution in [3.05, 3.63) is 66.0 Å². The van der Waals surface area contributed by atoms with Gasteiger partial charge < -0.3 is 5.32 Å². The summed E-state index contributed by atoms with van der Waals surface area (Å²) >= 11 is 0. The van der Waals surface area contributed by atoms with Crippen LogP contribution < -0.4 is 5.32 Å². The first-order valence-corrected chi connectivity index (χ1v) is 8.08. The van der Waals surface area contributed by atoms with Crippen molar-refractivity contribution in [3.63, 3.8) is 0 Å². The maximum atomic E-state index is 12.2. The van der Waals surface area contributed by atoms with Crippen LogP contribution >= 0.6 is 0 Å². The molecule has 1 aromatic heterocycles. The van der Waals surface area contributed by atoms with Gasteiger partial charge in [-0.3, -0.25) is 9.78 Å². The number of hydrogen-bond donors (Lipinski definition) is 1. The SMILES string of the molecule is O=C(NC[C@H](c1ccccc1)C1CCCC1)c1cccnc1. The Kier molecular flexibility index (Phi) is 4.84. The molecule has 1 aliphatic carbocycles. The van der Waals surface area contributed by atoms with Crippen molar-refractivity contribution >= 4 is 5.91 Å². The first kappa shape index (κ1) is 14.8. The van der Waals surface area contributed by atoms with Crippen LogP contribution in [0.4, 0.5) is 0 Å². The number of hydrogen-bond acceptors (Lipinski definition) is 2. The number of carbonyl (C=O) groups excluding carboxylic acids is 1.